The number of hydrogen-bond acceptors (Lipinski definition) is 2. The van der Waals surface area contributed by atoms with Crippen LogP contribution in [0.1, 0.15) is 52.9 Å². The molecule has 0 fully saturated rings. The molecule has 13 heavy (non-hydrogen) atoms. The predicted octanol–water partition coefficient (Wildman–Crippen LogP) is 3.16. The fraction of sp³-hybridized carbons (Fsp3) is 0.909. The summed E-state index contributed by atoms with van der Waals surface area (Å²) in [5.74, 6) is 0.0519. The molecule has 1 atom stereocenters. The molecule has 0 aliphatic carbocycles. The highest BCUT2D eigenvalue weighted by Gasteiger charge is 2.12. The Kier molecular flexibility index (Phi) is 7.76. The Balaban J connectivity index is 3.45. The zero-order valence-corrected chi connectivity index (χ0v) is 9.14. The molecule has 78 valence electrons. The summed E-state index contributed by atoms with van der Waals surface area (Å²) in [4.78, 5) is 11.3. The number of carbonyl (C=O) groups excluding carboxylic acids is 1. The van der Waals surface area contributed by atoms with Gasteiger partial charge in [-0.2, -0.15) is 0 Å². The van der Waals surface area contributed by atoms with Crippen molar-refractivity contribution in [2.24, 2.45) is 5.92 Å². The van der Waals surface area contributed by atoms with E-state index in [1.165, 1.54) is 12.8 Å². The summed E-state index contributed by atoms with van der Waals surface area (Å²) in [5.41, 5.74) is 0. The maximum absolute atomic E-state index is 11.3. The normalized spacial score (nSPS) is 12.5. The molecule has 0 bridgehead atoms. The Hall–Kier alpha value is -0.530. The van der Waals surface area contributed by atoms with Crippen LogP contribution in [0.5, 0.6) is 0 Å². The van der Waals surface area contributed by atoms with Crippen molar-refractivity contribution in [1.29, 1.82) is 0 Å². The first-order chi connectivity index (χ1) is 6.22. The van der Waals surface area contributed by atoms with E-state index < -0.39 is 0 Å². The molecule has 0 spiro atoms. The lowest BCUT2D eigenvalue weighted by Crippen LogP contribution is -2.15. The van der Waals surface area contributed by atoms with Crippen LogP contribution in [-0.2, 0) is 9.53 Å². The minimum atomic E-state index is -0.0297. The second-order valence-electron chi connectivity index (χ2n) is 3.56. The van der Waals surface area contributed by atoms with Crippen LogP contribution in [0.15, 0.2) is 0 Å². The molecular formula is C11H22O2. The van der Waals surface area contributed by atoms with Crippen molar-refractivity contribution < 1.29 is 9.53 Å². The van der Waals surface area contributed by atoms with Crippen LogP contribution in [0.3, 0.4) is 0 Å². The van der Waals surface area contributed by atoms with Crippen molar-refractivity contribution in [3.8, 4) is 0 Å². The second kappa shape index (κ2) is 8.09. The first-order valence-electron chi connectivity index (χ1n) is 5.39. The van der Waals surface area contributed by atoms with Crippen LogP contribution in [-0.4, -0.2) is 12.6 Å². The molecule has 0 rings (SSSR count). The summed E-state index contributed by atoms with van der Waals surface area (Å²) in [6.45, 7) is 6.69. The van der Waals surface area contributed by atoms with Crippen LogP contribution >= 0.6 is 0 Å². The Morgan fingerprint density at radius 2 is 1.92 bits per heavy atom. The Bertz CT molecular complexity index is 132. The maximum atomic E-state index is 11.3. The van der Waals surface area contributed by atoms with E-state index in [2.05, 4.69) is 6.92 Å². The molecule has 0 N–H and O–H groups in total. The largest absolute Gasteiger partial charge is 0.465 e. The minimum absolute atomic E-state index is 0.0297. The summed E-state index contributed by atoms with van der Waals surface area (Å²) in [7, 11) is 0. The van der Waals surface area contributed by atoms with E-state index in [1.807, 2.05) is 13.8 Å². The third-order valence-electron chi connectivity index (χ3n) is 2.09. The van der Waals surface area contributed by atoms with Crippen LogP contribution < -0.4 is 0 Å². The van der Waals surface area contributed by atoms with Gasteiger partial charge in [0.05, 0.1) is 12.5 Å². The monoisotopic (exact) mass is 186 g/mol. The molecule has 2 heteroatoms. The number of hydrogen-bond donors (Lipinski definition) is 0. The van der Waals surface area contributed by atoms with E-state index in [4.69, 9.17) is 4.74 Å². The summed E-state index contributed by atoms with van der Waals surface area (Å²) in [5, 5.41) is 0. The molecule has 0 heterocycles. The van der Waals surface area contributed by atoms with Crippen LogP contribution in [0.4, 0.5) is 0 Å². The lowest BCUT2D eigenvalue weighted by atomic mass is 10.0. The van der Waals surface area contributed by atoms with Gasteiger partial charge in [-0.05, 0) is 12.8 Å². The van der Waals surface area contributed by atoms with Crippen LogP contribution in [0.25, 0.3) is 0 Å². The van der Waals surface area contributed by atoms with E-state index in [9.17, 15) is 4.79 Å². The zero-order valence-electron chi connectivity index (χ0n) is 9.14. The van der Waals surface area contributed by atoms with Gasteiger partial charge in [0.15, 0.2) is 0 Å². The highest BCUT2D eigenvalue weighted by Crippen LogP contribution is 2.10. The number of ether oxygens (including phenoxy) is 1. The van der Waals surface area contributed by atoms with Gasteiger partial charge in [-0.25, -0.2) is 0 Å². The van der Waals surface area contributed by atoms with Gasteiger partial charge >= 0.3 is 5.97 Å². The fourth-order valence-electron chi connectivity index (χ4n) is 1.16. The zero-order chi connectivity index (χ0) is 10.1. The van der Waals surface area contributed by atoms with Crippen molar-refractivity contribution in [3.05, 3.63) is 0 Å². The first-order valence-corrected chi connectivity index (χ1v) is 5.39. The SMILES string of the molecule is CCCCC[C@H](C)C(=O)OCCC. The van der Waals surface area contributed by atoms with Gasteiger partial charge in [-0.3, -0.25) is 4.79 Å². The van der Waals surface area contributed by atoms with E-state index in [0.29, 0.717) is 6.61 Å². The molecule has 0 radical (unpaired) electrons. The highest BCUT2D eigenvalue weighted by molar-refractivity contribution is 5.71. The number of unbranched alkanes of at least 4 members (excludes halogenated alkanes) is 2. The molecule has 0 unspecified atom stereocenters. The quantitative estimate of drug-likeness (QED) is 0.451. The Morgan fingerprint density at radius 3 is 2.46 bits per heavy atom. The van der Waals surface area contributed by atoms with Crippen molar-refractivity contribution in [2.45, 2.75) is 52.9 Å². The molecule has 0 aliphatic heterocycles. The average Bonchev–Trinajstić information content (AvgIpc) is 2.14. The van der Waals surface area contributed by atoms with Crippen molar-refractivity contribution in [1.82, 2.24) is 0 Å². The second-order valence-corrected chi connectivity index (χ2v) is 3.56. The lowest BCUT2D eigenvalue weighted by molar-refractivity contribution is -0.148. The number of carbonyl (C=O) groups is 1. The summed E-state index contributed by atoms with van der Waals surface area (Å²) in [6.07, 6.45) is 5.44. The highest BCUT2D eigenvalue weighted by atomic mass is 16.5. The molecule has 0 saturated heterocycles. The molecule has 2 nitrogen and oxygen atoms in total. The maximum Gasteiger partial charge on any atom is 0.308 e. The molecular weight excluding hydrogens is 164 g/mol. The van der Waals surface area contributed by atoms with Crippen molar-refractivity contribution >= 4 is 5.97 Å². The molecule has 0 aromatic rings. The van der Waals surface area contributed by atoms with Gasteiger partial charge < -0.3 is 4.74 Å². The molecule has 0 amide bonds. The van der Waals surface area contributed by atoms with Gasteiger partial charge in [-0.15, -0.1) is 0 Å². The Labute approximate surface area is 81.7 Å². The van der Waals surface area contributed by atoms with Crippen molar-refractivity contribution in [3.63, 3.8) is 0 Å². The standard InChI is InChI=1S/C11H22O2/c1-4-6-7-8-10(3)11(12)13-9-5-2/h10H,4-9H2,1-3H3/t10-/m0/s1. The summed E-state index contributed by atoms with van der Waals surface area (Å²) >= 11 is 0. The van der Waals surface area contributed by atoms with Gasteiger partial charge in [0.1, 0.15) is 0 Å². The summed E-state index contributed by atoms with van der Waals surface area (Å²) in [6, 6.07) is 0. The van der Waals surface area contributed by atoms with Gasteiger partial charge in [0.2, 0.25) is 0 Å². The van der Waals surface area contributed by atoms with Gasteiger partial charge in [-0.1, -0.05) is 40.0 Å². The smallest absolute Gasteiger partial charge is 0.308 e. The molecule has 0 aliphatic rings. The molecule has 0 aromatic heterocycles. The first kappa shape index (κ1) is 12.5. The van der Waals surface area contributed by atoms with E-state index in [0.717, 1.165) is 19.3 Å². The van der Waals surface area contributed by atoms with E-state index in [1.54, 1.807) is 0 Å². The lowest BCUT2D eigenvalue weighted by Gasteiger charge is -2.09. The summed E-state index contributed by atoms with van der Waals surface area (Å²) < 4.78 is 5.04. The molecule has 0 saturated carbocycles. The Morgan fingerprint density at radius 1 is 1.23 bits per heavy atom. The number of esters is 1. The van der Waals surface area contributed by atoms with E-state index >= 15 is 0 Å². The minimum Gasteiger partial charge on any atom is -0.465 e. The third kappa shape index (κ3) is 6.62. The van der Waals surface area contributed by atoms with Crippen molar-refractivity contribution in [2.75, 3.05) is 6.61 Å². The van der Waals surface area contributed by atoms with Gasteiger partial charge in [0.25, 0.3) is 0 Å². The number of rotatable bonds is 7. The fourth-order valence-corrected chi connectivity index (χ4v) is 1.16. The third-order valence-corrected chi connectivity index (χ3v) is 2.09. The van der Waals surface area contributed by atoms with E-state index in [-0.39, 0.29) is 11.9 Å². The average molecular weight is 186 g/mol. The van der Waals surface area contributed by atoms with Crippen LogP contribution in [0.2, 0.25) is 0 Å². The topological polar surface area (TPSA) is 26.3 Å². The van der Waals surface area contributed by atoms with Crippen LogP contribution in [0, 0.1) is 5.92 Å². The van der Waals surface area contributed by atoms with Gasteiger partial charge in [0, 0.05) is 0 Å². The predicted molar refractivity (Wildman–Crippen MR) is 54.6 cm³/mol. The molecule has 0 aromatic carbocycles.